The molecule has 1 fully saturated rings. The number of carbonyl (C=O) groups is 3. The van der Waals surface area contributed by atoms with Crippen LogP contribution in [-0.2, 0) is 22.7 Å². The lowest BCUT2D eigenvalue weighted by Crippen LogP contribution is -2.45. The van der Waals surface area contributed by atoms with Gasteiger partial charge in [-0.25, -0.2) is 9.59 Å². The van der Waals surface area contributed by atoms with Crippen LogP contribution in [0.25, 0.3) is 0 Å². The lowest BCUT2D eigenvalue weighted by atomic mass is 10.1. The molecule has 0 aliphatic carbocycles. The highest BCUT2D eigenvalue weighted by Crippen LogP contribution is 2.19. The van der Waals surface area contributed by atoms with Crippen molar-refractivity contribution in [3.63, 3.8) is 0 Å². The highest BCUT2D eigenvalue weighted by molar-refractivity contribution is 5.88. The molecule has 7 nitrogen and oxygen atoms in total. The van der Waals surface area contributed by atoms with E-state index in [-0.39, 0.29) is 24.6 Å². The summed E-state index contributed by atoms with van der Waals surface area (Å²) in [5.41, 5.74) is 1.87. The minimum atomic E-state index is -0.994. The van der Waals surface area contributed by atoms with E-state index in [9.17, 15) is 14.4 Å². The van der Waals surface area contributed by atoms with Crippen LogP contribution in [0.4, 0.5) is 4.79 Å². The fraction of sp³-hybridized carbons (Fsp3) is 0.286. The highest BCUT2D eigenvalue weighted by Gasteiger charge is 2.34. The Kier molecular flexibility index (Phi) is 6.26. The molecule has 1 heterocycles. The standard InChI is InChI=1S/C21H22N2O5/c24-19(22-13-15-8-10-17(11-9-15)20(25)26)18-7-4-12-23(18)21(27)28-14-16-5-2-1-3-6-16/h1-3,5-6,8-11,18H,4,7,12-14H2,(H,22,24)(H,25,26). The SMILES string of the molecule is O=C(O)c1ccc(CNC(=O)C2CCCN2C(=O)OCc2ccccc2)cc1. The molecule has 3 rings (SSSR count). The molecule has 0 bridgehead atoms. The molecule has 1 atom stereocenters. The summed E-state index contributed by atoms with van der Waals surface area (Å²) in [7, 11) is 0. The number of carbonyl (C=O) groups excluding carboxylic acids is 2. The summed E-state index contributed by atoms with van der Waals surface area (Å²) in [5.74, 6) is -1.23. The van der Waals surface area contributed by atoms with E-state index in [1.807, 2.05) is 30.3 Å². The molecule has 2 aromatic rings. The predicted molar refractivity (Wildman–Crippen MR) is 102 cm³/mol. The quantitative estimate of drug-likeness (QED) is 0.801. The minimum absolute atomic E-state index is 0.167. The van der Waals surface area contributed by atoms with Crippen LogP contribution in [0.2, 0.25) is 0 Å². The molecular weight excluding hydrogens is 360 g/mol. The van der Waals surface area contributed by atoms with Crippen molar-refractivity contribution in [2.75, 3.05) is 6.54 Å². The molecule has 2 N–H and O–H groups in total. The normalized spacial score (nSPS) is 15.9. The Hall–Kier alpha value is -3.35. The molecule has 28 heavy (non-hydrogen) atoms. The minimum Gasteiger partial charge on any atom is -0.478 e. The molecule has 2 amide bonds. The fourth-order valence-corrected chi connectivity index (χ4v) is 3.13. The maximum Gasteiger partial charge on any atom is 0.410 e. The van der Waals surface area contributed by atoms with Gasteiger partial charge in [0.2, 0.25) is 5.91 Å². The van der Waals surface area contributed by atoms with Gasteiger partial charge in [0, 0.05) is 13.1 Å². The second-order valence-corrected chi connectivity index (χ2v) is 6.61. The van der Waals surface area contributed by atoms with Crippen molar-refractivity contribution < 1.29 is 24.2 Å². The molecule has 0 saturated carbocycles. The average molecular weight is 382 g/mol. The summed E-state index contributed by atoms with van der Waals surface area (Å²) in [4.78, 5) is 37.2. The van der Waals surface area contributed by atoms with Gasteiger partial charge in [0.05, 0.1) is 5.56 Å². The monoisotopic (exact) mass is 382 g/mol. The number of hydrogen-bond acceptors (Lipinski definition) is 4. The van der Waals surface area contributed by atoms with Gasteiger partial charge in [-0.05, 0) is 36.1 Å². The van der Waals surface area contributed by atoms with E-state index in [1.54, 1.807) is 12.1 Å². The van der Waals surface area contributed by atoms with Crippen molar-refractivity contribution in [1.29, 1.82) is 0 Å². The van der Waals surface area contributed by atoms with E-state index in [2.05, 4.69) is 5.32 Å². The zero-order chi connectivity index (χ0) is 19.9. The van der Waals surface area contributed by atoms with Gasteiger partial charge in [-0.2, -0.15) is 0 Å². The first-order valence-electron chi connectivity index (χ1n) is 9.12. The van der Waals surface area contributed by atoms with Crippen molar-refractivity contribution in [3.05, 3.63) is 71.3 Å². The lowest BCUT2D eigenvalue weighted by Gasteiger charge is -2.23. The van der Waals surface area contributed by atoms with Crippen LogP contribution < -0.4 is 5.32 Å². The molecule has 0 radical (unpaired) electrons. The summed E-state index contributed by atoms with van der Waals surface area (Å²) in [6, 6.07) is 15.1. The average Bonchev–Trinajstić information content (AvgIpc) is 3.21. The largest absolute Gasteiger partial charge is 0.478 e. The van der Waals surface area contributed by atoms with Crippen LogP contribution in [-0.4, -0.2) is 40.6 Å². The Morgan fingerprint density at radius 2 is 1.75 bits per heavy atom. The summed E-state index contributed by atoms with van der Waals surface area (Å²) >= 11 is 0. The van der Waals surface area contributed by atoms with Crippen LogP contribution in [0.1, 0.15) is 34.3 Å². The van der Waals surface area contributed by atoms with Crippen molar-refractivity contribution >= 4 is 18.0 Å². The zero-order valence-corrected chi connectivity index (χ0v) is 15.3. The number of nitrogens with zero attached hydrogens (tertiary/aromatic N) is 1. The van der Waals surface area contributed by atoms with Crippen molar-refractivity contribution in [2.24, 2.45) is 0 Å². The third kappa shape index (κ3) is 4.88. The molecule has 1 saturated heterocycles. The number of amides is 2. The van der Waals surface area contributed by atoms with Gasteiger partial charge < -0.3 is 15.2 Å². The number of hydrogen-bond donors (Lipinski definition) is 2. The maximum absolute atomic E-state index is 12.5. The number of benzene rings is 2. The second kappa shape index (κ2) is 9.03. The molecular formula is C21H22N2O5. The first kappa shape index (κ1) is 19.4. The molecule has 0 spiro atoms. The number of carboxylic acid groups (broad SMARTS) is 1. The lowest BCUT2D eigenvalue weighted by molar-refractivity contribution is -0.125. The Morgan fingerprint density at radius 3 is 2.43 bits per heavy atom. The molecule has 2 aromatic carbocycles. The number of nitrogens with one attached hydrogen (secondary N) is 1. The molecule has 1 aliphatic rings. The van der Waals surface area contributed by atoms with Crippen LogP contribution >= 0.6 is 0 Å². The predicted octanol–water partition coefficient (Wildman–Crippen LogP) is 2.80. The number of likely N-dealkylation sites (tertiary alicyclic amines) is 1. The van der Waals surface area contributed by atoms with Gasteiger partial charge in [0.15, 0.2) is 0 Å². The summed E-state index contributed by atoms with van der Waals surface area (Å²) in [5, 5.41) is 11.7. The topological polar surface area (TPSA) is 95.9 Å². The van der Waals surface area contributed by atoms with Crippen LogP contribution in [0.3, 0.4) is 0 Å². The number of carboxylic acids is 1. The van der Waals surface area contributed by atoms with Crippen molar-refractivity contribution in [3.8, 4) is 0 Å². The molecule has 1 unspecified atom stereocenters. The van der Waals surface area contributed by atoms with Crippen LogP contribution in [0.15, 0.2) is 54.6 Å². The van der Waals surface area contributed by atoms with Crippen molar-refractivity contribution in [2.45, 2.75) is 32.0 Å². The smallest absolute Gasteiger partial charge is 0.410 e. The summed E-state index contributed by atoms with van der Waals surface area (Å²) < 4.78 is 5.34. The van der Waals surface area contributed by atoms with E-state index >= 15 is 0 Å². The van der Waals surface area contributed by atoms with E-state index in [0.29, 0.717) is 13.0 Å². The molecule has 0 aromatic heterocycles. The Morgan fingerprint density at radius 1 is 1.04 bits per heavy atom. The Labute approximate surface area is 162 Å². The zero-order valence-electron chi connectivity index (χ0n) is 15.3. The molecule has 1 aliphatic heterocycles. The number of aromatic carboxylic acids is 1. The van der Waals surface area contributed by atoms with Crippen molar-refractivity contribution in [1.82, 2.24) is 10.2 Å². The van der Waals surface area contributed by atoms with Crippen LogP contribution in [0.5, 0.6) is 0 Å². The van der Waals surface area contributed by atoms with E-state index in [1.165, 1.54) is 17.0 Å². The van der Waals surface area contributed by atoms with Gasteiger partial charge in [-0.3, -0.25) is 9.69 Å². The first-order chi connectivity index (χ1) is 13.5. The Balaban J connectivity index is 1.52. The van der Waals surface area contributed by atoms with Gasteiger partial charge in [0.25, 0.3) is 0 Å². The highest BCUT2D eigenvalue weighted by atomic mass is 16.6. The van der Waals surface area contributed by atoms with Gasteiger partial charge >= 0.3 is 12.1 Å². The fourth-order valence-electron chi connectivity index (χ4n) is 3.13. The van der Waals surface area contributed by atoms with Gasteiger partial charge in [-0.15, -0.1) is 0 Å². The third-order valence-electron chi connectivity index (χ3n) is 4.66. The molecule has 7 heteroatoms. The summed E-state index contributed by atoms with van der Waals surface area (Å²) in [6.07, 6.45) is 0.836. The third-order valence-corrected chi connectivity index (χ3v) is 4.66. The van der Waals surface area contributed by atoms with E-state index in [0.717, 1.165) is 17.5 Å². The first-order valence-corrected chi connectivity index (χ1v) is 9.12. The Bertz CT molecular complexity index is 836. The van der Waals surface area contributed by atoms with Gasteiger partial charge in [0.1, 0.15) is 12.6 Å². The molecule has 146 valence electrons. The number of ether oxygens (including phenoxy) is 1. The maximum atomic E-state index is 12.5. The number of rotatable bonds is 6. The van der Waals surface area contributed by atoms with Crippen LogP contribution in [0, 0.1) is 0 Å². The second-order valence-electron chi connectivity index (χ2n) is 6.61. The van der Waals surface area contributed by atoms with E-state index < -0.39 is 18.1 Å². The van der Waals surface area contributed by atoms with E-state index in [4.69, 9.17) is 9.84 Å². The summed E-state index contributed by atoms with van der Waals surface area (Å²) in [6.45, 7) is 0.918. The van der Waals surface area contributed by atoms with Gasteiger partial charge in [-0.1, -0.05) is 42.5 Å².